The molecule has 0 spiro atoms. The fourth-order valence-electron chi connectivity index (χ4n) is 1.78. The van der Waals surface area contributed by atoms with E-state index in [9.17, 15) is 14.0 Å². The first-order valence-corrected chi connectivity index (χ1v) is 6.31. The number of hydrogen-bond acceptors (Lipinski definition) is 4. The molecule has 0 aliphatic rings. The van der Waals surface area contributed by atoms with Crippen molar-refractivity contribution in [2.45, 2.75) is 13.3 Å². The number of benzene rings is 1. The third-order valence-electron chi connectivity index (χ3n) is 2.82. The molecule has 1 aromatic carbocycles. The Kier molecular flexibility index (Phi) is 4.28. The molecule has 0 radical (unpaired) electrons. The molecule has 5 nitrogen and oxygen atoms in total. The van der Waals surface area contributed by atoms with Gasteiger partial charge in [-0.15, -0.1) is 0 Å². The summed E-state index contributed by atoms with van der Waals surface area (Å²) in [4.78, 5) is 30.2. The Bertz CT molecular complexity index is 714. The minimum absolute atomic E-state index is 0.0655. The average molecular weight is 309 g/mol. The molecule has 0 bridgehead atoms. The predicted octanol–water partition coefficient (Wildman–Crippen LogP) is 2.76. The molecule has 108 valence electrons. The maximum atomic E-state index is 13.7. The Morgan fingerprint density at radius 1 is 1.38 bits per heavy atom. The summed E-state index contributed by atoms with van der Waals surface area (Å²) < 4.78 is 13.7. The van der Waals surface area contributed by atoms with Crippen molar-refractivity contribution < 1.29 is 19.1 Å². The standard InChI is InChI=1S/C14H10ClFN2O3/c1-7(19)9-6-17-12(18-13(9)14(20)21)5-8-10(15)3-2-4-11(8)16/h2-4,6H,5H2,1H3,(H,20,21). The van der Waals surface area contributed by atoms with E-state index in [1.165, 1.54) is 25.1 Å². The molecule has 0 amide bonds. The van der Waals surface area contributed by atoms with Gasteiger partial charge in [-0.3, -0.25) is 4.79 Å². The molecule has 0 aliphatic heterocycles. The Labute approximate surface area is 124 Å². The van der Waals surface area contributed by atoms with Crippen molar-refractivity contribution in [3.05, 3.63) is 57.9 Å². The summed E-state index contributed by atoms with van der Waals surface area (Å²) in [5.74, 6) is -2.26. The molecule has 0 fully saturated rings. The SMILES string of the molecule is CC(=O)c1cnc(Cc2c(F)cccc2Cl)nc1C(=O)O. The summed E-state index contributed by atoms with van der Waals surface area (Å²) in [6.45, 7) is 1.22. The normalized spacial score (nSPS) is 10.4. The van der Waals surface area contributed by atoms with E-state index in [1.54, 1.807) is 0 Å². The molecule has 1 aromatic heterocycles. The van der Waals surface area contributed by atoms with E-state index in [0.29, 0.717) is 0 Å². The average Bonchev–Trinajstić information content (AvgIpc) is 2.42. The fourth-order valence-corrected chi connectivity index (χ4v) is 2.01. The van der Waals surface area contributed by atoms with Crippen molar-refractivity contribution in [3.8, 4) is 0 Å². The molecule has 0 saturated heterocycles. The third kappa shape index (κ3) is 3.22. The second-order valence-corrected chi connectivity index (χ2v) is 4.69. The number of ketones is 1. The van der Waals surface area contributed by atoms with Crippen LogP contribution in [0.25, 0.3) is 0 Å². The van der Waals surface area contributed by atoms with Crippen molar-refractivity contribution in [1.29, 1.82) is 0 Å². The van der Waals surface area contributed by atoms with Crippen LogP contribution in [-0.2, 0) is 6.42 Å². The number of carboxylic acid groups (broad SMARTS) is 1. The van der Waals surface area contributed by atoms with E-state index >= 15 is 0 Å². The first kappa shape index (κ1) is 15.1. The number of hydrogen-bond donors (Lipinski definition) is 1. The minimum atomic E-state index is -1.34. The van der Waals surface area contributed by atoms with Gasteiger partial charge in [0, 0.05) is 23.2 Å². The maximum Gasteiger partial charge on any atom is 0.355 e. The highest BCUT2D eigenvalue weighted by Gasteiger charge is 2.18. The van der Waals surface area contributed by atoms with Crippen LogP contribution in [0.1, 0.15) is 39.2 Å². The van der Waals surface area contributed by atoms with E-state index in [1.807, 2.05) is 0 Å². The summed E-state index contributed by atoms with van der Waals surface area (Å²) in [6, 6.07) is 4.22. The maximum absolute atomic E-state index is 13.7. The highest BCUT2D eigenvalue weighted by molar-refractivity contribution is 6.31. The number of Topliss-reactive ketones (excluding diaryl/α,β-unsaturated/α-hetero) is 1. The first-order chi connectivity index (χ1) is 9.90. The summed E-state index contributed by atoms with van der Waals surface area (Å²) in [6.07, 6.45) is 1.06. The van der Waals surface area contributed by atoms with E-state index in [4.69, 9.17) is 16.7 Å². The molecule has 0 atom stereocenters. The number of aromatic nitrogens is 2. The van der Waals surface area contributed by atoms with Crippen LogP contribution in [0.4, 0.5) is 4.39 Å². The van der Waals surface area contributed by atoms with Gasteiger partial charge < -0.3 is 5.11 Å². The molecule has 7 heteroatoms. The molecular formula is C14H10ClFN2O3. The number of rotatable bonds is 4. The number of carboxylic acids is 1. The van der Waals surface area contributed by atoms with Crippen molar-refractivity contribution in [3.63, 3.8) is 0 Å². The summed E-state index contributed by atoms with van der Waals surface area (Å²) in [5.41, 5.74) is -0.322. The monoisotopic (exact) mass is 308 g/mol. The highest BCUT2D eigenvalue weighted by Crippen LogP contribution is 2.21. The number of halogens is 2. The van der Waals surface area contributed by atoms with Crippen LogP contribution >= 0.6 is 11.6 Å². The van der Waals surface area contributed by atoms with Gasteiger partial charge >= 0.3 is 5.97 Å². The molecule has 0 unspecified atom stereocenters. The van der Waals surface area contributed by atoms with Crippen molar-refractivity contribution in [2.24, 2.45) is 0 Å². The second kappa shape index (κ2) is 5.97. The molecular weight excluding hydrogens is 299 g/mol. The molecule has 1 N–H and O–H groups in total. The van der Waals surface area contributed by atoms with E-state index in [0.717, 1.165) is 6.20 Å². The van der Waals surface area contributed by atoms with Crippen LogP contribution in [0.2, 0.25) is 5.02 Å². The summed E-state index contributed by atoms with van der Waals surface area (Å²) in [7, 11) is 0. The molecule has 0 saturated carbocycles. The van der Waals surface area contributed by atoms with Crippen LogP contribution in [0, 0.1) is 5.82 Å². The van der Waals surface area contributed by atoms with Gasteiger partial charge in [-0.25, -0.2) is 19.2 Å². The van der Waals surface area contributed by atoms with E-state index in [2.05, 4.69) is 9.97 Å². The lowest BCUT2D eigenvalue weighted by Crippen LogP contribution is -2.13. The predicted molar refractivity (Wildman–Crippen MR) is 73.2 cm³/mol. The van der Waals surface area contributed by atoms with Crippen LogP contribution in [0.3, 0.4) is 0 Å². The van der Waals surface area contributed by atoms with Gasteiger partial charge in [0.2, 0.25) is 0 Å². The molecule has 21 heavy (non-hydrogen) atoms. The van der Waals surface area contributed by atoms with Crippen molar-refractivity contribution >= 4 is 23.4 Å². The Hall–Kier alpha value is -2.34. The third-order valence-corrected chi connectivity index (χ3v) is 3.17. The smallest absolute Gasteiger partial charge is 0.355 e. The molecule has 0 aliphatic carbocycles. The van der Waals surface area contributed by atoms with Crippen LogP contribution in [0.15, 0.2) is 24.4 Å². The lowest BCUT2D eigenvalue weighted by atomic mass is 10.1. The van der Waals surface area contributed by atoms with Crippen LogP contribution in [-0.4, -0.2) is 26.8 Å². The minimum Gasteiger partial charge on any atom is -0.476 e. The van der Waals surface area contributed by atoms with Crippen molar-refractivity contribution in [1.82, 2.24) is 9.97 Å². The zero-order valence-electron chi connectivity index (χ0n) is 10.9. The summed E-state index contributed by atoms with van der Waals surface area (Å²) >= 11 is 5.90. The molecule has 1 heterocycles. The van der Waals surface area contributed by atoms with Gasteiger partial charge in [0.1, 0.15) is 11.6 Å². The second-order valence-electron chi connectivity index (χ2n) is 4.29. The molecule has 2 aromatic rings. The number of nitrogens with zero attached hydrogens (tertiary/aromatic N) is 2. The van der Waals surface area contributed by atoms with Gasteiger partial charge in [-0.1, -0.05) is 17.7 Å². The first-order valence-electron chi connectivity index (χ1n) is 5.93. The van der Waals surface area contributed by atoms with Gasteiger partial charge in [0.05, 0.1) is 5.56 Å². The zero-order valence-corrected chi connectivity index (χ0v) is 11.7. The lowest BCUT2D eigenvalue weighted by molar-refractivity contribution is 0.0685. The zero-order chi connectivity index (χ0) is 15.6. The lowest BCUT2D eigenvalue weighted by Gasteiger charge is -2.07. The fraction of sp³-hybridized carbons (Fsp3) is 0.143. The molecule has 2 rings (SSSR count). The Balaban J connectivity index is 2.44. The van der Waals surface area contributed by atoms with Crippen molar-refractivity contribution in [2.75, 3.05) is 0 Å². The quantitative estimate of drug-likeness (QED) is 0.878. The summed E-state index contributed by atoms with van der Waals surface area (Å²) in [5, 5.41) is 9.27. The van der Waals surface area contributed by atoms with Gasteiger partial charge in [0.25, 0.3) is 0 Å². The number of carbonyl (C=O) groups is 2. The Morgan fingerprint density at radius 2 is 2.10 bits per heavy atom. The largest absolute Gasteiger partial charge is 0.476 e. The van der Waals surface area contributed by atoms with Gasteiger partial charge in [0.15, 0.2) is 11.5 Å². The highest BCUT2D eigenvalue weighted by atomic mass is 35.5. The van der Waals surface area contributed by atoms with Gasteiger partial charge in [-0.05, 0) is 19.1 Å². The topological polar surface area (TPSA) is 80.2 Å². The van der Waals surface area contributed by atoms with Crippen LogP contribution < -0.4 is 0 Å². The number of carbonyl (C=O) groups excluding carboxylic acids is 1. The number of aromatic carboxylic acids is 1. The Morgan fingerprint density at radius 3 is 2.67 bits per heavy atom. The van der Waals surface area contributed by atoms with Gasteiger partial charge in [-0.2, -0.15) is 0 Å². The van der Waals surface area contributed by atoms with E-state index in [-0.39, 0.29) is 28.4 Å². The van der Waals surface area contributed by atoms with E-state index < -0.39 is 23.3 Å². The van der Waals surface area contributed by atoms with Crippen LogP contribution in [0.5, 0.6) is 0 Å².